The summed E-state index contributed by atoms with van der Waals surface area (Å²) in [4.78, 5) is 38.3. The molecule has 0 saturated heterocycles. The number of esters is 3. The van der Waals surface area contributed by atoms with Crippen LogP contribution in [0.4, 0.5) is 0 Å². The molecule has 0 aliphatic heterocycles. The van der Waals surface area contributed by atoms with Crippen molar-refractivity contribution in [3.05, 3.63) is 85.1 Å². The van der Waals surface area contributed by atoms with Crippen LogP contribution in [0.3, 0.4) is 0 Å². The van der Waals surface area contributed by atoms with Gasteiger partial charge in [0.15, 0.2) is 6.10 Å². The second kappa shape index (κ2) is 64.1. The molecule has 0 aromatic heterocycles. The maximum absolute atomic E-state index is 12.9. The molecule has 0 radical (unpaired) electrons. The van der Waals surface area contributed by atoms with Crippen LogP contribution in [-0.2, 0) is 28.6 Å². The summed E-state index contributed by atoms with van der Waals surface area (Å²) >= 11 is 0. The van der Waals surface area contributed by atoms with E-state index in [-0.39, 0.29) is 31.1 Å². The van der Waals surface area contributed by atoms with Crippen LogP contribution in [0, 0.1) is 0 Å². The molecule has 438 valence electrons. The topological polar surface area (TPSA) is 78.9 Å². The number of carbonyl (C=O) groups excluding carboxylic acids is 3. The van der Waals surface area contributed by atoms with Crippen molar-refractivity contribution in [1.29, 1.82) is 0 Å². The lowest BCUT2D eigenvalue weighted by Gasteiger charge is -2.18. The van der Waals surface area contributed by atoms with Crippen molar-refractivity contribution in [1.82, 2.24) is 0 Å². The summed E-state index contributed by atoms with van der Waals surface area (Å²) in [5.41, 5.74) is 0. The lowest BCUT2D eigenvalue weighted by atomic mass is 10.0. The lowest BCUT2D eigenvalue weighted by molar-refractivity contribution is -0.167. The average Bonchev–Trinajstić information content (AvgIpc) is 3.42. The maximum atomic E-state index is 12.9. The minimum atomic E-state index is -0.782. The van der Waals surface area contributed by atoms with Crippen LogP contribution in [-0.4, -0.2) is 37.2 Å². The third-order valence-electron chi connectivity index (χ3n) is 14.1. The van der Waals surface area contributed by atoms with E-state index in [0.717, 1.165) is 116 Å². The number of rotatable bonds is 59. The zero-order chi connectivity index (χ0) is 55.0. The first-order valence-corrected chi connectivity index (χ1v) is 32.6. The maximum Gasteiger partial charge on any atom is 0.306 e. The molecule has 0 bridgehead atoms. The Morgan fingerprint density at radius 3 is 0.829 bits per heavy atom. The number of allylic oxidation sites excluding steroid dienone is 14. The van der Waals surface area contributed by atoms with Crippen molar-refractivity contribution in [3.63, 3.8) is 0 Å². The molecule has 6 heteroatoms. The zero-order valence-corrected chi connectivity index (χ0v) is 50.3. The van der Waals surface area contributed by atoms with Crippen LogP contribution in [0.5, 0.6) is 0 Å². The van der Waals surface area contributed by atoms with Gasteiger partial charge in [-0.15, -0.1) is 0 Å². The molecule has 0 rings (SSSR count). The van der Waals surface area contributed by atoms with Gasteiger partial charge in [0.05, 0.1) is 0 Å². The minimum Gasteiger partial charge on any atom is -0.462 e. The summed E-state index contributed by atoms with van der Waals surface area (Å²) in [6.45, 7) is 6.52. The summed E-state index contributed by atoms with van der Waals surface area (Å²) in [7, 11) is 0. The molecule has 0 spiro atoms. The molecule has 0 aromatic carbocycles. The minimum absolute atomic E-state index is 0.0783. The Morgan fingerprint density at radius 1 is 0.276 bits per heavy atom. The average molecular weight is 1060 g/mol. The van der Waals surface area contributed by atoms with Crippen LogP contribution in [0.25, 0.3) is 0 Å². The van der Waals surface area contributed by atoms with Crippen molar-refractivity contribution in [2.24, 2.45) is 0 Å². The Labute approximate surface area is 471 Å². The molecule has 0 aliphatic rings. The fourth-order valence-electron chi connectivity index (χ4n) is 9.27. The third-order valence-corrected chi connectivity index (χ3v) is 14.1. The summed E-state index contributed by atoms with van der Waals surface area (Å²) in [5.74, 6) is -0.879. The van der Waals surface area contributed by atoms with E-state index in [1.165, 1.54) is 167 Å². The lowest BCUT2D eigenvalue weighted by Crippen LogP contribution is -2.30. The smallest absolute Gasteiger partial charge is 0.306 e. The van der Waals surface area contributed by atoms with E-state index in [4.69, 9.17) is 14.2 Å². The normalized spacial score (nSPS) is 12.6. The van der Waals surface area contributed by atoms with Crippen LogP contribution >= 0.6 is 0 Å². The fraction of sp³-hybridized carbons (Fsp3) is 0.757. The number of unbranched alkanes of at least 4 members (excludes halogenated alkanes) is 34. The zero-order valence-electron chi connectivity index (χ0n) is 50.3. The van der Waals surface area contributed by atoms with E-state index in [2.05, 4.69) is 106 Å². The highest BCUT2D eigenvalue weighted by molar-refractivity contribution is 5.71. The van der Waals surface area contributed by atoms with Gasteiger partial charge >= 0.3 is 17.9 Å². The van der Waals surface area contributed by atoms with Gasteiger partial charge in [0.2, 0.25) is 0 Å². The monoisotopic (exact) mass is 1060 g/mol. The first-order chi connectivity index (χ1) is 37.5. The van der Waals surface area contributed by atoms with Gasteiger partial charge in [0.25, 0.3) is 0 Å². The van der Waals surface area contributed by atoms with E-state index in [9.17, 15) is 14.4 Å². The van der Waals surface area contributed by atoms with E-state index in [1.54, 1.807) is 0 Å². The second-order valence-electron chi connectivity index (χ2n) is 21.6. The first-order valence-electron chi connectivity index (χ1n) is 32.6. The number of ether oxygens (including phenoxy) is 3. The van der Waals surface area contributed by atoms with Crippen LogP contribution in [0.2, 0.25) is 0 Å². The molecule has 6 nitrogen and oxygen atoms in total. The molecule has 1 unspecified atom stereocenters. The van der Waals surface area contributed by atoms with Crippen LogP contribution < -0.4 is 0 Å². The van der Waals surface area contributed by atoms with Gasteiger partial charge in [0.1, 0.15) is 13.2 Å². The Balaban J connectivity index is 4.24. The predicted molar refractivity (Wildman–Crippen MR) is 330 cm³/mol. The highest BCUT2D eigenvalue weighted by Gasteiger charge is 2.19. The van der Waals surface area contributed by atoms with Crippen molar-refractivity contribution in [2.75, 3.05) is 13.2 Å². The molecule has 0 heterocycles. The van der Waals surface area contributed by atoms with Gasteiger partial charge < -0.3 is 14.2 Å². The van der Waals surface area contributed by atoms with Gasteiger partial charge in [-0.25, -0.2) is 0 Å². The second-order valence-corrected chi connectivity index (χ2v) is 21.6. The largest absolute Gasteiger partial charge is 0.462 e. The van der Waals surface area contributed by atoms with E-state index in [1.807, 2.05) is 0 Å². The summed E-state index contributed by atoms with van der Waals surface area (Å²) < 4.78 is 16.9. The Bertz CT molecular complexity index is 1450. The quantitative estimate of drug-likeness (QED) is 0.0261. The fourth-order valence-corrected chi connectivity index (χ4v) is 9.27. The van der Waals surface area contributed by atoms with Crippen molar-refractivity contribution in [2.45, 2.75) is 329 Å². The van der Waals surface area contributed by atoms with Crippen LogP contribution in [0.15, 0.2) is 85.1 Å². The molecule has 0 aliphatic carbocycles. The number of hydrogen-bond donors (Lipinski definition) is 0. The molecule has 76 heavy (non-hydrogen) atoms. The summed E-state index contributed by atoms with van der Waals surface area (Å²) in [6, 6.07) is 0. The van der Waals surface area contributed by atoms with Gasteiger partial charge in [0, 0.05) is 19.3 Å². The Kier molecular flexibility index (Phi) is 61.2. The highest BCUT2D eigenvalue weighted by atomic mass is 16.6. The molecule has 0 amide bonds. The molecule has 0 fully saturated rings. The number of hydrogen-bond acceptors (Lipinski definition) is 6. The van der Waals surface area contributed by atoms with Gasteiger partial charge in [-0.05, 0) is 96.3 Å². The summed E-state index contributed by atoms with van der Waals surface area (Å²) in [6.07, 6.45) is 84.5. The molecular weight excluding hydrogens is 937 g/mol. The summed E-state index contributed by atoms with van der Waals surface area (Å²) in [5, 5.41) is 0. The number of carbonyl (C=O) groups is 3. The van der Waals surface area contributed by atoms with Crippen molar-refractivity contribution >= 4 is 17.9 Å². The molecular formula is C70H122O6. The standard InChI is InChI=1S/C70H122O6/c1-4-7-10-13-16-19-22-25-28-29-30-31-32-33-34-35-36-37-38-39-40-41-43-45-48-51-54-57-60-63-69(72)75-66-67(65-74-68(71)62-59-56-53-50-47-44-27-24-21-18-15-12-9-6-3)76-70(73)64-61-58-55-52-49-46-42-26-23-20-17-14-11-8-5-2/h7,10,16-17,19-20,25-26,28,30-31,33-34,42,67H,4-6,8-9,11-15,18,21-24,27,29,32,35-41,43-66H2,1-3H3/b10-7-,19-16-,20-17-,28-25-,31-30-,34-33-,42-26-. The first kappa shape index (κ1) is 72.6. The van der Waals surface area contributed by atoms with Crippen molar-refractivity contribution < 1.29 is 28.6 Å². The van der Waals surface area contributed by atoms with E-state index < -0.39 is 6.10 Å². The Morgan fingerprint density at radius 2 is 0.513 bits per heavy atom. The Hall–Kier alpha value is -3.41. The van der Waals surface area contributed by atoms with Gasteiger partial charge in [-0.3, -0.25) is 14.4 Å². The third kappa shape index (κ3) is 61.4. The highest BCUT2D eigenvalue weighted by Crippen LogP contribution is 2.17. The molecule has 0 saturated carbocycles. The molecule has 1 atom stereocenters. The van der Waals surface area contributed by atoms with E-state index >= 15 is 0 Å². The van der Waals surface area contributed by atoms with Crippen molar-refractivity contribution in [3.8, 4) is 0 Å². The van der Waals surface area contributed by atoms with Crippen LogP contribution in [0.1, 0.15) is 323 Å². The van der Waals surface area contributed by atoms with Gasteiger partial charge in [-0.2, -0.15) is 0 Å². The molecule has 0 N–H and O–H groups in total. The van der Waals surface area contributed by atoms with Gasteiger partial charge in [-0.1, -0.05) is 292 Å². The van der Waals surface area contributed by atoms with E-state index in [0.29, 0.717) is 19.3 Å². The SMILES string of the molecule is CC/C=C\C/C=C\C/C=C\C/C=C\C/C=C\CCCCCCCCCCCCCCCC(=O)OCC(COC(=O)CCCCCCCCCCCCCCCC)OC(=O)CCCCCCC/C=C\C/C=C\CCCCC. The predicted octanol–water partition coefficient (Wildman–Crippen LogP) is 22.3. The molecule has 0 aromatic rings.